The zero-order valence-corrected chi connectivity index (χ0v) is 60.5. The van der Waals surface area contributed by atoms with Gasteiger partial charge < -0.3 is 119 Å². The van der Waals surface area contributed by atoms with Gasteiger partial charge in [0.2, 0.25) is 0 Å². The largest absolute Gasteiger partial charge is 0.497 e. The van der Waals surface area contributed by atoms with Gasteiger partial charge in [-0.2, -0.15) is 0 Å². The molecule has 3 heterocycles. The van der Waals surface area contributed by atoms with Crippen LogP contribution in [0, 0.1) is 0 Å². The van der Waals surface area contributed by atoms with E-state index in [9.17, 15) is 28.8 Å². The number of hydrogen-bond acceptors (Lipinski definition) is 25. The summed E-state index contributed by atoms with van der Waals surface area (Å²) in [6.45, 7) is 6.45. The van der Waals surface area contributed by atoms with Crippen molar-refractivity contribution in [2.45, 2.75) is 6.61 Å². The first-order valence-electron chi connectivity index (χ1n) is 35.1. The zero-order valence-electron chi connectivity index (χ0n) is 60.5. The Morgan fingerprint density at radius 2 is 0.519 bits per heavy atom. The average molecular weight is 1470 g/mol. The summed E-state index contributed by atoms with van der Waals surface area (Å²) in [5, 5.41) is 0. The molecule has 3 saturated heterocycles. The quantitative estimate of drug-likeness (QED) is 0.164. The monoisotopic (exact) mass is 1460 g/mol. The number of hydrogen-bond donors (Lipinski definition) is 0. The predicted molar refractivity (Wildman–Crippen MR) is 375 cm³/mol. The second-order valence-electron chi connectivity index (χ2n) is 23.5. The highest BCUT2D eigenvalue weighted by Crippen LogP contribution is 2.27. The lowest BCUT2D eigenvalue weighted by Crippen LogP contribution is -2.40. The number of benzene rings is 4. The van der Waals surface area contributed by atoms with E-state index in [1.807, 2.05) is 30.3 Å². The fraction of sp³-hybridized carbons (Fsp3) is 0.589. The van der Waals surface area contributed by atoms with Gasteiger partial charge in [-0.1, -0.05) is 30.3 Å². The van der Waals surface area contributed by atoms with E-state index >= 15 is 0 Å². The van der Waals surface area contributed by atoms with Gasteiger partial charge in [0, 0.05) is 113 Å². The Kier molecular flexibility index (Phi) is 39.6. The molecule has 0 radical (unpaired) electrons. The molecule has 3 aliphatic heterocycles. The maximum absolute atomic E-state index is 14.8. The van der Waals surface area contributed by atoms with Crippen molar-refractivity contribution in [1.82, 2.24) is 29.4 Å². The molecule has 576 valence electrons. The molecule has 0 aromatic heterocycles. The normalized spacial score (nSPS) is 18.1. The van der Waals surface area contributed by atoms with Gasteiger partial charge in [0.1, 0.15) is 41.1 Å². The first-order valence-corrected chi connectivity index (χ1v) is 35.1. The van der Waals surface area contributed by atoms with E-state index < -0.39 is 37.0 Å². The molecule has 0 aliphatic carbocycles. The molecule has 3 aliphatic rings. The molecule has 0 bridgehead atoms. The van der Waals surface area contributed by atoms with Crippen LogP contribution >= 0.6 is 0 Å². The van der Waals surface area contributed by atoms with Crippen molar-refractivity contribution in [3.05, 3.63) is 107 Å². The second kappa shape index (κ2) is 49.5. The predicted octanol–water partition coefficient (Wildman–Crippen LogP) is 3.74. The number of carbonyl (C=O) groups excluding carboxylic acids is 6. The fourth-order valence-corrected chi connectivity index (χ4v) is 10.5. The standard InChI is InChI=1S/C73H104N6O25/c1-86-62-46-59(47-63(52-62)87-2)70(82)76-14-26-94-38-34-90-22-10-74(11-23-91-35-39-95-27-15-76)68(80)56-102-66-50-61(72(84)78-18-30-98-42-44-100-32-20-79(21-33-101-45-43-99-31-19-78)73(85)104-55-58-8-6-5-7-9-58)51-67(54-66)103-57-69(81)75-12-24-92-36-40-96-28-16-77(17-29-97-41-37-93-25-13-75)71(83)60-48-64(88-3)53-65(49-60)89-4/h5-9,46-54H,10-45,55-57H2,1-4H3. The molecule has 0 N–H and O–H groups in total. The summed E-state index contributed by atoms with van der Waals surface area (Å²) in [5.74, 6) is 0.379. The van der Waals surface area contributed by atoms with Crippen molar-refractivity contribution in [1.29, 1.82) is 0 Å². The number of ether oxygens (including phenoxy) is 19. The summed E-state index contributed by atoms with van der Waals surface area (Å²) in [6.07, 6.45) is -0.490. The molecule has 4 aromatic rings. The van der Waals surface area contributed by atoms with Gasteiger partial charge >= 0.3 is 6.09 Å². The zero-order chi connectivity index (χ0) is 73.6. The SMILES string of the molecule is COc1cc(OC)cc(C(=O)N2CCOCCOCCN(C(=O)COc3cc(OCC(=O)N4CCOCCOCCN(C(=O)c5cc(OC)cc(OC)c5)CCOCCOCC4)cc(C(=O)N4CCOCCOCCN(C(=O)OCc5ccccc5)CCOCCOCC4)c3)CCOCCOCC2)c1. The molecule has 3 fully saturated rings. The van der Waals surface area contributed by atoms with Gasteiger partial charge in [-0.3, -0.25) is 24.0 Å². The Balaban J connectivity index is 0.981. The molecule has 31 heteroatoms. The molecule has 0 spiro atoms. The van der Waals surface area contributed by atoms with Crippen LogP contribution in [0.5, 0.6) is 34.5 Å². The van der Waals surface area contributed by atoms with Crippen LogP contribution in [0.3, 0.4) is 0 Å². The highest BCUT2D eigenvalue weighted by Gasteiger charge is 2.25. The Labute approximate surface area is 608 Å². The van der Waals surface area contributed by atoms with Crippen molar-refractivity contribution in [2.75, 3.05) is 279 Å². The number of nitrogens with zero attached hydrogens (tertiary/aromatic N) is 6. The van der Waals surface area contributed by atoms with Crippen LogP contribution in [-0.2, 0) is 77.8 Å². The third kappa shape index (κ3) is 31.3. The summed E-state index contributed by atoms with van der Waals surface area (Å²) in [7, 11) is 6.08. The topological polar surface area (TPSA) is 297 Å². The number of carbonyl (C=O) groups is 6. The van der Waals surface area contributed by atoms with Gasteiger partial charge in [0.25, 0.3) is 29.5 Å². The molecule has 4 aromatic carbocycles. The second-order valence-corrected chi connectivity index (χ2v) is 23.5. The van der Waals surface area contributed by atoms with E-state index in [-0.39, 0.29) is 273 Å². The van der Waals surface area contributed by atoms with E-state index in [1.165, 1.54) is 51.5 Å². The lowest BCUT2D eigenvalue weighted by molar-refractivity contribution is -0.135. The Hall–Kier alpha value is -8.18. The van der Waals surface area contributed by atoms with Crippen LogP contribution in [-0.4, -0.2) is 344 Å². The Morgan fingerprint density at radius 1 is 0.288 bits per heavy atom. The number of methoxy groups -OCH3 is 4. The Morgan fingerprint density at radius 3 is 0.779 bits per heavy atom. The molecule has 0 unspecified atom stereocenters. The van der Waals surface area contributed by atoms with Crippen molar-refractivity contribution in [3.8, 4) is 34.5 Å². The highest BCUT2D eigenvalue weighted by molar-refractivity contribution is 5.96. The number of amides is 6. The van der Waals surface area contributed by atoms with Crippen LogP contribution in [0.4, 0.5) is 4.79 Å². The van der Waals surface area contributed by atoms with Crippen LogP contribution in [0.25, 0.3) is 0 Å². The van der Waals surface area contributed by atoms with Crippen molar-refractivity contribution in [2.24, 2.45) is 0 Å². The lowest BCUT2D eigenvalue weighted by atomic mass is 10.1. The van der Waals surface area contributed by atoms with Crippen LogP contribution in [0.15, 0.2) is 84.9 Å². The van der Waals surface area contributed by atoms with Crippen LogP contribution in [0.2, 0.25) is 0 Å². The van der Waals surface area contributed by atoms with E-state index in [1.54, 1.807) is 60.9 Å². The van der Waals surface area contributed by atoms with Crippen molar-refractivity contribution >= 4 is 35.6 Å². The van der Waals surface area contributed by atoms with Gasteiger partial charge in [0.15, 0.2) is 13.2 Å². The molecular formula is C73H104N6O25. The smallest absolute Gasteiger partial charge is 0.410 e. The minimum absolute atomic E-state index is 0.101. The molecule has 7 rings (SSSR count). The maximum atomic E-state index is 14.8. The summed E-state index contributed by atoms with van der Waals surface area (Å²) in [4.78, 5) is 93.2. The average Bonchev–Trinajstić information content (AvgIpc) is 0.858. The van der Waals surface area contributed by atoms with Crippen LogP contribution < -0.4 is 28.4 Å². The summed E-state index contributed by atoms with van der Waals surface area (Å²) >= 11 is 0. The first-order chi connectivity index (χ1) is 50.9. The third-order valence-electron chi connectivity index (χ3n) is 16.4. The van der Waals surface area contributed by atoms with E-state index in [2.05, 4.69) is 0 Å². The van der Waals surface area contributed by atoms with Crippen LogP contribution in [0.1, 0.15) is 36.6 Å². The van der Waals surface area contributed by atoms with Crippen molar-refractivity contribution < 1.29 is 119 Å². The fourth-order valence-electron chi connectivity index (χ4n) is 10.5. The molecule has 104 heavy (non-hydrogen) atoms. The molecule has 31 nitrogen and oxygen atoms in total. The lowest BCUT2D eigenvalue weighted by Gasteiger charge is -2.25. The highest BCUT2D eigenvalue weighted by atomic mass is 16.6. The minimum atomic E-state index is -0.490. The van der Waals surface area contributed by atoms with Gasteiger partial charge in [-0.15, -0.1) is 0 Å². The maximum Gasteiger partial charge on any atom is 0.410 e. The molecule has 0 saturated carbocycles. The Bertz CT molecular complexity index is 2910. The number of rotatable bonds is 15. The molecule has 0 atom stereocenters. The first kappa shape index (κ1) is 83.1. The molecule has 6 amide bonds. The van der Waals surface area contributed by atoms with E-state index in [0.29, 0.717) is 34.1 Å². The van der Waals surface area contributed by atoms with Gasteiger partial charge in [-0.05, 0) is 42.0 Å². The van der Waals surface area contributed by atoms with Gasteiger partial charge in [-0.25, -0.2) is 4.79 Å². The summed E-state index contributed by atoms with van der Waals surface area (Å²) in [5.41, 5.74) is 1.77. The summed E-state index contributed by atoms with van der Waals surface area (Å²) < 4.78 is 110. The van der Waals surface area contributed by atoms with E-state index in [4.69, 9.17) is 90.0 Å². The minimum Gasteiger partial charge on any atom is -0.497 e. The third-order valence-corrected chi connectivity index (χ3v) is 16.4. The van der Waals surface area contributed by atoms with Crippen molar-refractivity contribution in [3.63, 3.8) is 0 Å². The molecular weight excluding hydrogens is 1360 g/mol. The van der Waals surface area contributed by atoms with E-state index in [0.717, 1.165) is 5.56 Å². The summed E-state index contributed by atoms with van der Waals surface area (Å²) in [6, 6.07) is 23.9. The van der Waals surface area contributed by atoms with Gasteiger partial charge in [0.05, 0.1) is 187 Å².